The van der Waals surface area contributed by atoms with Gasteiger partial charge in [-0.3, -0.25) is 9.59 Å². The number of nitrogens with zero attached hydrogens (tertiary/aromatic N) is 2. The summed E-state index contributed by atoms with van der Waals surface area (Å²) in [6.45, 7) is 6.53. The quantitative estimate of drug-likeness (QED) is 0.472. The van der Waals surface area contributed by atoms with E-state index in [1.54, 1.807) is 7.11 Å². The second-order valence-corrected chi connectivity index (χ2v) is 11.6. The van der Waals surface area contributed by atoms with E-state index in [0.717, 1.165) is 46.1 Å². The monoisotopic (exact) mass is 556 g/mol. The standard InChI is InChI=1S/C31H41ClN2O5/c1-22-17-26(18-23(2)30(22)32)39-21-31(19-29(37)33-15-11-25(35)12-16-33)13-6-14-34(20-31)28(36)10-9-24-7-4-5-8-27(24)38-3/h4-5,7-8,17-18,25,35H,6,9-16,19-21H2,1-3H3/t31-/m0/s1. The number of carbonyl (C=O) groups is 2. The van der Waals surface area contributed by atoms with Gasteiger partial charge >= 0.3 is 0 Å². The van der Waals surface area contributed by atoms with Gasteiger partial charge in [-0.2, -0.15) is 0 Å². The maximum atomic E-state index is 13.5. The number of piperidine rings is 2. The van der Waals surface area contributed by atoms with Crippen molar-refractivity contribution in [3.8, 4) is 11.5 Å². The summed E-state index contributed by atoms with van der Waals surface area (Å²) in [5.74, 6) is 1.66. The minimum Gasteiger partial charge on any atom is -0.496 e. The number of aliphatic hydroxyl groups excluding tert-OH is 1. The average molecular weight is 557 g/mol. The maximum Gasteiger partial charge on any atom is 0.223 e. The molecular weight excluding hydrogens is 516 g/mol. The Morgan fingerprint density at radius 1 is 1.05 bits per heavy atom. The van der Waals surface area contributed by atoms with Gasteiger partial charge in [0.25, 0.3) is 0 Å². The molecule has 0 aliphatic carbocycles. The lowest BCUT2D eigenvalue weighted by atomic mass is 9.77. The lowest BCUT2D eigenvalue weighted by molar-refractivity contribution is -0.142. The Morgan fingerprint density at radius 2 is 1.74 bits per heavy atom. The van der Waals surface area contributed by atoms with Gasteiger partial charge in [0.15, 0.2) is 0 Å². The topological polar surface area (TPSA) is 79.3 Å². The van der Waals surface area contributed by atoms with Crippen LogP contribution in [0, 0.1) is 19.3 Å². The molecule has 2 aliphatic heterocycles. The van der Waals surface area contributed by atoms with Crippen LogP contribution in [0.25, 0.3) is 0 Å². The van der Waals surface area contributed by atoms with Crippen molar-refractivity contribution in [3.05, 3.63) is 58.1 Å². The van der Waals surface area contributed by atoms with Gasteiger partial charge in [0.1, 0.15) is 11.5 Å². The van der Waals surface area contributed by atoms with E-state index in [1.807, 2.05) is 60.0 Å². The van der Waals surface area contributed by atoms with Crippen LogP contribution < -0.4 is 9.47 Å². The first-order valence-electron chi connectivity index (χ1n) is 13.9. The summed E-state index contributed by atoms with van der Waals surface area (Å²) in [6.07, 6.45) is 3.77. The predicted molar refractivity (Wildman–Crippen MR) is 152 cm³/mol. The molecule has 39 heavy (non-hydrogen) atoms. The number of likely N-dealkylation sites (tertiary alicyclic amines) is 2. The molecule has 1 N–H and O–H groups in total. The molecule has 0 radical (unpaired) electrons. The zero-order chi connectivity index (χ0) is 28.0. The number of carbonyl (C=O) groups excluding carboxylic acids is 2. The molecule has 0 unspecified atom stereocenters. The highest BCUT2D eigenvalue weighted by molar-refractivity contribution is 6.32. The number of aliphatic hydroxyl groups is 1. The molecule has 0 spiro atoms. The largest absolute Gasteiger partial charge is 0.496 e. The van der Waals surface area contributed by atoms with Crippen molar-refractivity contribution in [1.29, 1.82) is 0 Å². The number of ether oxygens (including phenoxy) is 2. The Bertz CT molecular complexity index is 1140. The Balaban J connectivity index is 1.48. The first-order valence-corrected chi connectivity index (χ1v) is 14.3. The van der Waals surface area contributed by atoms with Gasteiger partial charge in [-0.15, -0.1) is 0 Å². The first-order chi connectivity index (χ1) is 18.7. The summed E-state index contributed by atoms with van der Waals surface area (Å²) < 4.78 is 11.8. The van der Waals surface area contributed by atoms with Crippen molar-refractivity contribution in [2.75, 3.05) is 39.9 Å². The fourth-order valence-electron chi connectivity index (χ4n) is 5.82. The molecule has 4 rings (SSSR count). The molecule has 2 saturated heterocycles. The molecule has 2 amide bonds. The summed E-state index contributed by atoms with van der Waals surface area (Å²) in [5.41, 5.74) is 2.41. The van der Waals surface area contributed by atoms with Crippen LogP contribution in [0.1, 0.15) is 55.2 Å². The van der Waals surface area contributed by atoms with Gasteiger partial charge in [-0.25, -0.2) is 0 Å². The molecule has 2 heterocycles. The van der Waals surface area contributed by atoms with Crippen LogP contribution in [0.4, 0.5) is 0 Å². The van der Waals surface area contributed by atoms with Crippen molar-refractivity contribution in [2.24, 2.45) is 5.41 Å². The number of halogens is 1. The van der Waals surface area contributed by atoms with E-state index in [9.17, 15) is 14.7 Å². The zero-order valence-corrected chi connectivity index (χ0v) is 24.1. The van der Waals surface area contributed by atoms with Gasteiger partial charge < -0.3 is 24.4 Å². The smallest absolute Gasteiger partial charge is 0.223 e. The van der Waals surface area contributed by atoms with Crippen LogP contribution in [-0.4, -0.2) is 72.7 Å². The summed E-state index contributed by atoms with van der Waals surface area (Å²) in [4.78, 5) is 30.6. The number of hydrogen-bond acceptors (Lipinski definition) is 5. The second kappa shape index (κ2) is 13.1. The highest BCUT2D eigenvalue weighted by atomic mass is 35.5. The van der Waals surface area contributed by atoms with Crippen LogP contribution in [0.15, 0.2) is 36.4 Å². The normalized spacial score (nSPS) is 20.1. The molecule has 2 aromatic carbocycles. The third kappa shape index (κ3) is 7.46. The van der Waals surface area contributed by atoms with E-state index < -0.39 is 5.41 Å². The van der Waals surface area contributed by atoms with Gasteiger partial charge in [0.2, 0.25) is 11.8 Å². The molecule has 7 nitrogen and oxygen atoms in total. The van der Waals surface area contributed by atoms with Gasteiger partial charge in [0, 0.05) is 49.5 Å². The van der Waals surface area contributed by atoms with Gasteiger partial charge in [-0.05, 0) is 80.8 Å². The van der Waals surface area contributed by atoms with E-state index in [4.69, 9.17) is 21.1 Å². The number of benzene rings is 2. The molecule has 212 valence electrons. The van der Waals surface area contributed by atoms with Crippen LogP contribution >= 0.6 is 11.6 Å². The highest BCUT2D eigenvalue weighted by Gasteiger charge is 2.41. The maximum absolute atomic E-state index is 13.5. The minimum absolute atomic E-state index is 0.0669. The SMILES string of the molecule is COc1ccccc1CCC(=O)N1CCC[C@](COc2cc(C)c(Cl)c(C)c2)(CC(=O)N2CCC(O)CC2)C1. The van der Waals surface area contributed by atoms with Crippen molar-refractivity contribution in [3.63, 3.8) is 0 Å². The van der Waals surface area contributed by atoms with E-state index in [2.05, 4.69) is 0 Å². The molecule has 2 fully saturated rings. The van der Waals surface area contributed by atoms with Gasteiger partial charge in [-0.1, -0.05) is 29.8 Å². The minimum atomic E-state index is -0.493. The van der Waals surface area contributed by atoms with Crippen molar-refractivity contribution in [2.45, 2.75) is 64.9 Å². The fourth-order valence-corrected chi connectivity index (χ4v) is 5.93. The van der Waals surface area contributed by atoms with Crippen molar-refractivity contribution in [1.82, 2.24) is 9.80 Å². The molecule has 2 aromatic rings. The zero-order valence-electron chi connectivity index (χ0n) is 23.4. The van der Waals surface area contributed by atoms with Crippen molar-refractivity contribution >= 4 is 23.4 Å². The lowest BCUT2D eigenvalue weighted by Gasteiger charge is -2.43. The molecule has 0 saturated carbocycles. The van der Waals surface area contributed by atoms with Crippen LogP contribution in [0.3, 0.4) is 0 Å². The number of methoxy groups -OCH3 is 1. The predicted octanol–water partition coefficient (Wildman–Crippen LogP) is 4.96. The third-order valence-corrected chi connectivity index (χ3v) is 8.71. The van der Waals surface area contributed by atoms with Crippen LogP contribution in [-0.2, 0) is 16.0 Å². The molecule has 8 heteroatoms. The second-order valence-electron chi connectivity index (χ2n) is 11.2. The number of hydrogen-bond donors (Lipinski definition) is 1. The van der Waals surface area contributed by atoms with Crippen LogP contribution in [0.5, 0.6) is 11.5 Å². The van der Waals surface area contributed by atoms with Crippen LogP contribution in [0.2, 0.25) is 5.02 Å². The molecule has 0 aromatic heterocycles. The van der Waals surface area contributed by atoms with Gasteiger partial charge in [0.05, 0.1) is 19.8 Å². The number of para-hydroxylation sites is 1. The fraction of sp³-hybridized carbons (Fsp3) is 0.548. The summed E-state index contributed by atoms with van der Waals surface area (Å²) >= 11 is 6.36. The third-order valence-electron chi connectivity index (χ3n) is 8.11. The lowest BCUT2D eigenvalue weighted by Crippen LogP contribution is -2.51. The highest BCUT2D eigenvalue weighted by Crippen LogP contribution is 2.37. The Labute approximate surface area is 237 Å². The molecule has 0 bridgehead atoms. The average Bonchev–Trinajstić information content (AvgIpc) is 2.94. The Morgan fingerprint density at radius 3 is 2.44 bits per heavy atom. The summed E-state index contributed by atoms with van der Waals surface area (Å²) in [5, 5.41) is 10.6. The summed E-state index contributed by atoms with van der Waals surface area (Å²) in [6, 6.07) is 11.6. The molecule has 2 aliphatic rings. The van der Waals surface area contributed by atoms with Crippen molar-refractivity contribution < 1.29 is 24.2 Å². The number of rotatable bonds is 9. The van der Waals surface area contributed by atoms with E-state index in [-0.39, 0.29) is 17.9 Å². The Kier molecular flexibility index (Phi) is 9.78. The summed E-state index contributed by atoms with van der Waals surface area (Å²) in [7, 11) is 1.64. The molecule has 1 atom stereocenters. The van der Waals surface area contributed by atoms with E-state index in [0.29, 0.717) is 64.9 Å². The number of aryl methyl sites for hydroxylation is 3. The molecular formula is C31H41ClN2O5. The van der Waals surface area contributed by atoms with E-state index in [1.165, 1.54) is 0 Å². The Hall–Kier alpha value is -2.77. The number of amides is 2. The first kappa shape index (κ1) is 29.2. The van der Waals surface area contributed by atoms with E-state index >= 15 is 0 Å².